The predicted molar refractivity (Wildman–Crippen MR) is 105 cm³/mol. The average molecular weight is 390 g/mol. The van der Waals surface area contributed by atoms with E-state index in [2.05, 4.69) is 20.5 Å². The third-order valence-corrected chi connectivity index (χ3v) is 5.45. The van der Waals surface area contributed by atoms with Gasteiger partial charge in [-0.05, 0) is 46.6 Å². The number of aryl methyl sites for hydroxylation is 5. The minimum Gasteiger partial charge on any atom is -0.390 e. The lowest BCUT2D eigenvalue weighted by Gasteiger charge is -2.36. The number of aromatic nitrogens is 3. The van der Waals surface area contributed by atoms with E-state index >= 15 is 0 Å². The zero-order valence-corrected chi connectivity index (χ0v) is 17.2. The lowest BCUT2D eigenvalue weighted by molar-refractivity contribution is -0.123. The van der Waals surface area contributed by atoms with Crippen LogP contribution in [-0.4, -0.2) is 56.1 Å². The van der Waals surface area contributed by atoms with Gasteiger partial charge in [0.15, 0.2) is 0 Å². The van der Waals surface area contributed by atoms with Gasteiger partial charge in [-0.15, -0.1) is 0 Å². The smallest absolute Gasteiger partial charge is 0.220 e. The van der Waals surface area contributed by atoms with Gasteiger partial charge >= 0.3 is 0 Å². The lowest BCUT2D eigenvalue weighted by atomic mass is 10.0. The molecule has 2 aromatic rings. The van der Waals surface area contributed by atoms with E-state index in [-0.39, 0.29) is 11.9 Å². The van der Waals surface area contributed by atoms with Gasteiger partial charge in [0.25, 0.3) is 0 Å². The Morgan fingerprint density at radius 2 is 2.14 bits per heavy atom. The molecule has 1 aliphatic rings. The summed E-state index contributed by atoms with van der Waals surface area (Å²) in [6, 6.07) is 1.84. The van der Waals surface area contributed by atoms with Crippen molar-refractivity contribution in [3.63, 3.8) is 0 Å². The highest BCUT2D eigenvalue weighted by molar-refractivity contribution is 5.76. The molecule has 0 aromatic carbocycles. The Labute approximate surface area is 165 Å². The summed E-state index contributed by atoms with van der Waals surface area (Å²) in [5, 5.41) is 21.9. The number of nitrogens with one attached hydrogen (secondary N) is 1. The fraction of sp³-hybridized carbons (Fsp3) is 0.650. The standard InChI is InChI=1S/C20H31N5O3/c1-13-10-14(2)25(22-13)8-5-6-20(27)21-18-7-9-24(12-19(18)26)11-17-15(3)23-28-16(17)4/h10,18-19,26H,5-9,11-12H2,1-4H3,(H,21,27)/t18-,19-/m1/s1. The van der Waals surface area contributed by atoms with E-state index in [1.54, 1.807) is 0 Å². The number of likely N-dealkylation sites (tertiary alicyclic amines) is 1. The van der Waals surface area contributed by atoms with Crippen molar-refractivity contribution in [3.05, 3.63) is 34.5 Å². The van der Waals surface area contributed by atoms with Crippen LogP contribution in [-0.2, 0) is 17.9 Å². The molecule has 0 unspecified atom stereocenters. The second-order valence-corrected chi connectivity index (χ2v) is 7.82. The van der Waals surface area contributed by atoms with Crippen LogP contribution in [0.15, 0.2) is 10.6 Å². The Kier molecular flexibility index (Phi) is 6.51. The van der Waals surface area contributed by atoms with E-state index in [9.17, 15) is 9.90 Å². The normalized spacial score (nSPS) is 20.5. The Morgan fingerprint density at radius 1 is 1.36 bits per heavy atom. The van der Waals surface area contributed by atoms with Crippen molar-refractivity contribution in [1.29, 1.82) is 0 Å². The van der Waals surface area contributed by atoms with E-state index in [1.165, 1.54) is 0 Å². The fourth-order valence-electron chi connectivity index (χ4n) is 3.83. The summed E-state index contributed by atoms with van der Waals surface area (Å²) in [6.45, 7) is 10.6. The predicted octanol–water partition coefficient (Wildman–Crippen LogP) is 1.64. The average Bonchev–Trinajstić information content (AvgIpc) is 3.12. The monoisotopic (exact) mass is 389 g/mol. The van der Waals surface area contributed by atoms with Gasteiger partial charge in [0.05, 0.1) is 23.5 Å². The van der Waals surface area contributed by atoms with E-state index in [0.29, 0.717) is 19.5 Å². The minimum atomic E-state index is -0.575. The van der Waals surface area contributed by atoms with E-state index in [1.807, 2.05) is 38.4 Å². The molecule has 0 radical (unpaired) electrons. The molecule has 8 heteroatoms. The summed E-state index contributed by atoms with van der Waals surface area (Å²) in [4.78, 5) is 14.5. The Hall–Kier alpha value is -2.19. The number of β-amino-alcohol motifs (C(OH)–C–C–N with tert-alkyl or cyclic N) is 1. The van der Waals surface area contributed by atoms with Gasteiger partial charge in [0.2, 0.25) is 5.91 Å². The SMILES string of the molecule is Cc1cc(C)n(CCCC(=O)N[C@@H]2CCN(Cc3c(C)noc3C)C[C@H]2O)n1. The molecule has 0 bridgehead atoms. The summed E-state index contributed by atoms with van der Waals surface area (Å²) >= 11 is 0. The number of hydrogen-bond acceptors (Lipinski definition) is 6. The largest absolute Gasteiger partial charge is 0.390 e. The number of aliphatic hydroxyl groups excluding tert-OH is 1. The first kappa shape index (κ1) is 20.5. The number of aliphatic hydroxyl groups is 1. The van der Waals surface area contributed by atoms with Crippen molar-refractivity contribution in [3.8, 4) is 0 Å². The number of amides is 1. The van der Waals surface area contributed by atoms with E-state index in [0.717, 1.165) is 54.3 Å². The molecule has 2 atom stereocenters. The van der Waals surface area contributed by atoms with Crippen LogP contribution in [0.4, 0.5) is 0 Å². The van der Waals surface area contributed by atoms with Crippen molar-refractivity contribution >= 4 is 5.91 Å². The van der Waals surface area contributed by atoms with Crippen LogP contribution in [0.2, 0.25) is 0 Å². The first-order valence-electron chi connectivity index (χ1n) is 9.96. The zero-order chi connectivity index (χ0) is 20.3. The van der Waals surface area contributed by atoms with Crippen molar-refractivity contribution < 1.29 is 14.4 Å². The molecule has 0 aliphatic carbocycles. The second kappa shape index (κ2) is 8.87. The van der Waals surface area contributed by atoms with Crippen molar-refractivity contribution in [2.45, 2.75) is 72.2 Å². The maximum atomic E-state index is 12.3. The topological polar surface area (TPSA) is 96.4 Å². The Balaban J connectivity index is 1.41. The zero-order valence-electron chi connectivity index (χ0n) is 17.2. The molecule has 1 fully saturated rings. The molecule has 3 rings (SSSR count). The van der Waals surface area contributed by atoms with Gasteiger partial charge in [0, 0.05) is 43.9 Å². The molecule has 8 nitrogen and oxygen atoms in total. The summed E-state index contributed by atoms with van der Waals surface area (Å²) in [6.07, 6.45) is 1.32. The van der Waals surface area contributed by atoms with E-state index < -0.39 is 6.10 Å². The van der Waals surface area contributed by atoms with Crippen LogP contribution in [0.25, 0.3) is 0 Å². The second-order valence-electron chi connectivity index (χ2n) is 7.82. The fourth-order valence-corrected chi connectivity index (χ4v) is 3.83. The molecule has 2 aromatic heterocycles. The number of hydrogen-bond donors (Lipinski definition) is 2. The Bertz CT molecular complexity index is 793. The molecule has 1 aliphatic heterocycles. The van der Waals surface area contributed by atoms with Crippen LogP contribution in [0.5, 0.6) is 0 Å². The van der Waals surface area contributed by atoms with Crippen molar-refractivity contribution in [2.75, 3.05) is 13.1 Å². The van der Waals surface area contributed by atoms with Crippen LogP contribution < -0.4 is 5.32 Å². The maximum Gasteiger partial charge on any atom is 0.220 e. The molecule has 1 amide bonds. The van der Waals surface area contributed by atoms with Gasteiger partial charge < -0.3 is 14.9 Å². The highest BCUT2D eigenvalue weighted by Crippen LogP contribution is 2.19. The minimum absolute atomic E-state index is 0.00949. The van der Waals surface area contributed by atoms with Gasteiger partial charge in [-0.2, -0.15) is 5.10 Å². The number of rotatable bonds is 7. The first-order chi connectivity index (χ1) is 13.3. The molecule has 1 saturated heterocycles. The molecule has 3 heterocycles. The van der Waals surface area contributed by atoms with Gasteiger partial charge in [-0.3, -0.25) is 14.4 Å². The molecule has 0 saturated carbocycles. The molecule has 2 N–H and O–H groups in total. The summed E-state index contributed by atoms with van der Waals surface area (Å²) in [7, 11) is 0. The number of carbonyl (C=O) groups excluding carboxylic acids is 1. The van der Waals surface area contributed by atoms with Crippen molar-refractivity contribution in [1.82, 2.24) is 25.2 Å². The highest BCUT2D eigenvalue weighted by Gasteiger charge is 2.29. The van der Waals surface area contributed by atoms with Crippen LogP contribution >= 0.6 is 0 Å². The quantitative estimate of drug-likeness (QED) is 0.747. The lowest BCUT2D eigenvalue weighted by Crippen LogP contribution is -2.53. The summed E-state index contributed by atoms with van der Waals surface area (Å²) in [5.74, 6) is 0.815. The molecule has 28 heavy (non-hydrogen) atoms. The maximum absolute atomic E-state index is 12.3. The molecule has 154 valence electrons. The first-order valence-corrected chi connectivity index (χ1v) is 9.96. The summed E-state index contributed by atoms with van der Waals surface area (Å²) in [5.41, 5.74) is 4.08. The summed E-state index contributed by atoms with van der Waals surface area (Å²) < 4.78 is 7.15. The van der Waals surface area contributed by atoms with Gasteiger partial charge in [-0.1, -0.05) is 5.16 Å². The van der Waals surface area contributed by atoms with Gasteiger partial charge in [0.1, 0.15) is 5.76 Å². The number of nitrogens with zero attached hydrogens (tertiary/aromatic N) is 4. The van der Waals surface area contributed by atoms with Crippen LogP contribution in [0.1, 0.15) is 47.7 Å². The third-order valence-electron chi connectivity index (χ3n) is 5.45. The van der Waals surface area contributed by atoms with Crippen LogP contribution in [0.3, 0.4) is 0 Å². The molecular formula is C20H31N5O3. The van der Waals surface area contributed by atoms with Crippen LogP contribution in [0, 0.1) is 27.7 Å². The van der Waals surface area contributed by atoms with Crippen molar-refractivity contribution in [2.24, 2.45) is 0 Å². The van der Waals surface area contributed by atoms with Gasteiger partial charge in [-0.25, -0.2) is 0 Å². The number of piperidine rings is 1. The molecular weight excluding hydrogens is 358 g/mol. The molecule has 0 spiro atoms. The third kappa shape index (κ3) is 4.99. The number of carbonyl (C=O) groups is 1. The van der Waals surface area contributed by atoms with E-state index in [4.69, 9.17) is 4.52 Å². The Morgan fingerprint density at radius 3 is 2.75 bits per heavy atom. The highest BCUT2D eigenvalue weighted by atomic mass is 16.5.